The van der Waals surface area contributed by atoms with Gasteiger partial charge in [0, 0.05) is 6.07 Å². The van der Waals surface area contributed by atoms with E-state index in [0.29, 0.717) is 6.07 Å². The standard InChI is InChI=1S/C8H4Cl2O4.C8H4F2O4/c9-5-3(7(11)12)1-2-4(6(5)10)8(13)14;9-5-2-6(10)4(8(13)14)1-3(5)7(11)12/h2*1-2H,(H,11,12)(H,13,14). The van der Waals surface area contributed by atoms with Crippen molar-refractivity contribution in [2.75, 3.05) is 0 Å². The Morgan fingerprint density at radius 3 is 1.14 bits per heavy atom. The van der Waals surface area contributed by atoms with Gasteiger partial charge in [-0.1, -0.05) is 23.2 Å². The molecule has 0 saturated carbocycles. The molecule has 0 radical (unpaired) electrons. The van der Waals surface area contributed by atoms with Gasteiger partial charge in [0.2, 0.25) is 0 Å². The van der Waals surface area contributed by atoms with Crippen molar-refractivity contribution in [1.29, 1.82) is 0 Å². The number of carboxylic acid groups (broad SMARTS) is 4. The lowest BCUT2D eigenvalue weighted by molar-refractivity contribution is 0.0677. The van der Waals surface area contributed by atoms with Crippen molar-refractivity contribution >= 4 is 47.1 Å². The van der Waals surface area contributed by atoms with Gasteiger partial charge in [0.25, 0.3) is 0 Å². The summed E-state index contributed by atoms with van der Waals surface area (Å²) in [4.78, 5) is 41.8. The smallest absolute Gasteiger partial charge is 0.338 e. The maximum Gasteiger partial charge on any atom is 0.338 e. The van der Waals surface area contributed by atoms with Crippen LogP contribution in [-0.4, -0.2) is 44.3 Å². The largest absolute Gasteiger partial charge is 0.478 e. The first kappa shape index (κ1) is 22.8. The summed E-state index contributed by atoms with van der Waals surface area (Å²) in [5, 5.41) is 33.5. The van der Waals surface area contributed by atoms with Gasteiger partial charge in [-0.3, -0.25) is 0 Å². The van der Waals surface area contributed by atoms with Crippen molar-refractivity contribution < 1.29 is 48.4 Å². The highest BCUT2D eigenvalue weighted by Crippen LogP contribution is 2.29. The van der Waals surface area contributed by atoms with E-state index < -0.39 is 46.6 Å². The van der Waals surface area contributed by atoms with Crippen LogP contribution >= 0.6 is 23.2 Å². The van der Waals surface area contributed by atoms with E-state index in [1.54, 1.807) is 0 Å². The van der Waals surface area contributed by atoms with Crippen LogP contribution in [0.3, 0.4) is 0 Å². The van der Waals surface area contributed by atoms with Gasteiger partial charge in [-0.05, 0) is 18.2 Å². The number of benzene rings is 2. The molecule has 0 atom stereocenters. The molecule has 0 saturated heterocycles. The average molecular weight is 437 g/mol. The molecule has 0 spiro atoms. The minimum atomic E-state index is -1.65. The van der Waals surface area contributed by atoms with Crippen LogP contribution in [0.1, 0.15) is 41.4 Å². The van der Waals surface area contributed by atoms with Crippen LogP contribution in [0.25, 0.3) is 0 Å². The number of halogens is 4. The van der Waals surface area contributed by atoms with Gasteiger partial charge in [-0.15, -0.1) is 0 Å². The Hall–Kier alpha value is -3.24. The highest BCUT2D eigenvalue weighted by molar-refractivity contribution is 6.45. The fraction of sp³-hybridized carbons (Fsp3) is 0. The molecule has 0 aromatic heterocycles. The zero-order valence-corrected chi connectivity index (χ0v) is 14.8. The van der Waals surface area contributed by atoms with E-state index in [2.05, 4.69) is 0 Å². The normalized spacial score (nSPS) is 9.86. The maximum atomic E-state index is 12.7. The molecule has 4 N–H and O–H groups in total. The summed E-state index contributed by atoms with van der Waals surface area (Å²) in [7, 11) is 0. The van der Waals surface area contributed by atoms with E-state index in [1.165, 1.54) is 0 Å². The van der Waals surface area contributed by atoms with Gasteiger partial charge in [-0.2, -0.15) is 0 Å². The minimum Gasteiger partial charge on any atom is -0.478 e. The summed E-state index contributed by atoms with van der Waals surface area (Å²) in [6.45, 7) is 0. The summed E-state index contributed by atoms with van der Waals surface area (Å²) in [5.74, 6) is -8.42. The van der Waals surface area contributed by atoms with Gasteiger partial charge in [0.15, 0.2) is 0 Å². The van der Waals surface area contributed by atoms with E-state index in [-0.39, 0.29) is 27.2 Å². The van der Waals surface area contributed by atoms with Crippen molar-refractivity contribution in [3.05, 3.63) is 68.2 Å². The molecule has 0 amide bonds. The first-order chi connectivity index (χ1) is 12.9. The predicted molar refractivity (Wildman–Crippen MR) is 90.7 cm³/mol. The highest BCUT2D eigenvalue weighted by atomic mass is 35.5. The van der Waals surface area contributed by atoms with Crippen molar-refractivity contribution in [2.24, 2.45) is 0 Å². The molecule has 0 aliphatic rings. The molecule has 28 heavy (non-hydrogen) atoms. The first-order valence-corrected chi connectivity index (χ1v) is 7.54. The second kappa shape index (κ2) is 9.11. The van der Waals surface area contributed by atoms with Crippen molar-refractivity contribution in [3.8, 4) is 0 Å². The van der Waals surface area contributed by atoms with Crippen LogP contribution in [0.4, 0.5) is 8.78 Å². The summed E-state index contributed by atoms with van der Waals surface area (Å²) in [5.41, 5.74) is -2.18. The molecule has 2 aromatic carbocycles. The molecule has 0 heterocycles. The average Bonchev–Trinajstić information content (AvgIpc) is 2.56. The fourth-order valence-electron chi connectivity index (χ4n) is 1.76. The van der Waals surface area contributed by atoms with Crippen LogP contribution in [0.15, 0.2) is 24.3 Å². The Morgan fingerprint density at radius 1 is 0.607 bits per heavy atom. The molecule has 2 rings (SSSR count). The summed E-state index contributed by atoms with van der Waals surface area (Å²) in [6, 6.07) is 2.86. The monoisotopic (exact) mass is 436 g/mol. The number of hydrogen-bond donors (Lipinski definition) is 4. The van der Waals surface area contributed by atoms with Crippen LogP contribution in [0.5, 0.6) is 0 Å². The molecular weight excluding hydrogens is 429 g/mol. The summed E-state index contributed by atoms with van der Waals surface area (Å²) < 4.78 is 25.5. The Labute approximate surface area is 164 Å². The molecule has 12 heteroatoms. The lowest BCUT2D eigenvalue weighted by Gasteiger charge is -2.03. The van der Waals surface area contributed by atoms with E-state index in [0.717, 1.165) is 12.1 Å². The molecule has 0 unspecified atom stereocenters. The molecular formula is C16H8Cl2F2O8. The van der Waals surface area contributed by atoms with Crippen LogP contribution in [0.2, 0.25) is 10.0 Å². The fourth-order valence-corrected chi connectivity index (χ4v) is 2.25. The van der Waals surface area contributed by atoms with E-state index in [1.807, 2.05) is 0 Å². The Morgan fingerprint density at radius 2 is 0.893 bits per heavy atom. The zero-order chi connectivity index (χ0) is 21.8. The first-order valence-electron chi connectivity index (χ1n) is 6.78. The van der Waals surface area contributed by atoms with Gasteiger partial charge < -0.3 is 20.4 Å². The third-order valence-corrected chi connectivity index (χ3v) is 3.94. The Balaban J connectivity index is 0.000000280. The minimum absolute atomic E-state index is 0.221. The number of rotatable bonds is 4. The zero-order valence-electron chi connectivity index (χ0n) is 13.2. The molecule has 0 bridgehead atoms. The number of aromatic carboxylic acids is 4. The second-order valence-electron chi connectivity index (χ2n) is 4.82. The lowest BCUT2D eigenvalue weighted by atomic mass is 10.1. The summed E-state index contributed by atoms with van der Waals surface area (Å²) >= 11 is 11.1. The quantitative estimate of drug-likeness (QED) is 0.565. The molecule has 0 aliphatic heterocycles. The topological polar surface area (TPSA) is 149 Å². The molecule has 2 aromatic rings. The summed E-state index contributed by atoms with van der Waals surface area (Å²) in [6.07, 6.45) is 0. The number of hydrogen-bond acceptors (Lipinski definition) is 4. The van der Waals surface area contributed by atoms with Crippen LogP contribution in [0, 0.1) is 11.6 Å². The number of carbonyl (C=O) groups is 4. The third kappa shape index (κ3) is 5.15. The lowest BCUT2D eigenvalue weighted by Crippen LogP contribution is -2.07. The molecule has 0 aliphatic carbocycles. The molecule has 0 fully saturated rings. The number of carboxylic acids is 4. The Kier molecular flexibility index (Phi) is 7.42. The molecule has 148 valence electrons. The van der Waals surface area contributed by atoms with Crippen LogP contribution in [-0.2, 0) is 0 Å². The van der Waals surface area contributed by atoms with Crippen molar-refractivity contribution in [1.82, 2.24) is 0 Å². The highest BCUT2D eigenvalue weighted by Gasteiger charge is 2.19. The second-order valence-corrected chi connectivity index (χ2v) is 5.58. The van der Waals surface area contributed by atoms with Crippen LogP contribution < -0.4 is 0 Å². The Bertz CT molecular complexity index is 917. The van der Waals surface area contributed by atoms with Crippen molar-refractivity contribution in [3.63, 3.8) is 0 Å². The van der Waals surface area contributed by atoms with E-state index >= 15 is 0 Å². The SMILES string of the molecule is O=C(O)c1cc(C(=O)O)c(F)cc1F.O=C(O)c1ccc(C(=O)O)c(Cl)c1Cl. The van der Waals surface area contributed by atoms with E-state index in [4.69, 9.17) is 43.6 Å². The third-order valence-electron chi connectivity index (χ3n) is 3.06. The van der Waals surface area contributed by atoms with Gasteiger partial charge >= 0.3 is 23.9 Å². The predicted octanol–water partition coefficient (Wildman–Crippen LogP) is 3.75. The van der Waals surface area contributed by atoms with Gasteiger partial charge in [0.1, 0.15) is 11.6 Å². The van der Waals surface area contributed by atoms with Gasteiger partial charge in [-0.25, -0.2) is 28.0 Å². The molecule has 8 nitrogen and oxygen atoms in total. The maximum absolute atomic E-state index is 12.7. The van der Waals surface area contributed by atoms with Crippen molar-refractivity contribution in [2.45, 2.75) is 0 Å². The van der Waals surface area contributed by atoms with Gasteiger partial charge in [0.05, 0.1) is 32.3 Å². The van der Waals surface area contributed by atoms with E-state index in [9.17, 15) is 28.0 Å².